The smallest absolute Gasteiger partial charge is 0.310 e. The molecule has 1 saturated heterocycles. The lowest BCUT2D eigenvalue weighted by Crippen LogP contribution is -2.62. The van der Waals surface area contributed by atoms with Gasteiger partial charge in [-0.3, -0.25) is 14.4 Å². The molecule has 8 nitrogen and oxygen atoms in total. The van der Waals surface area contributed by atoms with Crippen molar-refractivity contribution in [3.63, 3.8) is 0 Å². The number of nitrogens with one attached hydrogen (secondary N) is 2. The number of unbranched alkanes of at least 4 members (excludes halogenated alkanes) is 9. The van der Waals surface area contributed by atoms with E-state index in [9.17, 15) is 19.5 Å². The Balaban J connectivity index is 1.96. The van der Waals surface area contributed by atoms with Crippen LogP contribution in [0.4, 0.5) is 0 Å². The van der Waals surface area contributed by atoms with Crippen LogP contribution >= 0.6 is 0 Å². The van der Waals surface area contributed by atoms with Gasteiger partial charge in [-0.2, -0.15) is 0 Å². The van der Waals surface area contributed by atoms with Crippen LogP contribution in [0, 0.1) is 17.3 Å². The lowest BCUT2D eigenvalue weighted by Gasteiger charge is -2.45. The number of ether oxygens (including phenoxy) is 2. The van der Waals surface area contributed by atoms with Crippen LogP contribution < -0.4 is 10.6 Å². The summed E-state index contributed by atoms with van der Waals surface area (Å²) in [6.07, 6.45) is 17.3. The highest BCUT2D eigenvalue weighted by Crippen LogP contribution is 2.37. The first-order valence-corrected chi connectivity index (χ1v) is 17.0. The van der Waals surface area contributed by atoms with Gasteiger partial charge in [0.05, 0.1) is 18.1 Å². The predicted molar refractivity (Wildman–Crippen MR) is 167 cm³/mol. The first-order valence-electron chi connectivity index (χ1n) is 17.0. The minimum Gasteiger partial charge on any atom is -0.481 e. The molecule has 2 aliphatic rings. The third-order valence-electron chi connectivity index (χ3n) is 9.47. The first-order chi connectivity index (χ1) is 19.9. The molecule has 3 unspecified atom stereocenters. The Kier molecular flexibility index (Phi) is 15.3. The third kappa shape index (κ3) is 11.4. The summed E-state index contributed by atoms with van der Waals surface area (Å²) in [5.41, 5.74) is -1.43. The van der Waals surface area contributed by atoms with Crippen molar-refractivity contribution in [1.82, 2.24) is 10.6 Å². The fourth-order valence-electron chi connectivity index (χ4n) is 6.63. The maximum absolute atomic E-state index is 13.6. The molecule has 0 aromatic heterocycles. The van der Waals surface area contributed by atoms with E-state index in [1.807, 2.05) is 20.8 Å². The Hall–Kier alpha value is -1.67. The molecule has 8 heteroatoms. The molecule has 3 atom stereocenters. The van der Waals surface area contributed by atoms with Crippen molar-refractivity contribution in [3.05, 3.63) is 0 Å². The molecule has 1 saturated carbocycles. The Bertz CT molecular complexity index is 836. The minimum absolute atomic E-state index is 0.0384. The Morgan fingerprint density at radius 1 is 0.857 bits per heavy atom. The number of carboxylic acids is 1. The molecule has 0 bridgehead atoms. The van der Waals surface area contributed by atoms with Crippen LogP contribution in [0.2, 0.25) is 0 Å². The second-order valence-corrected chi connectivity index (χ2v) is 14.1. The number of rotatable bonds is 19. The number of carbonyl (C=O) groups is 3. The summed E-state index contributed by atoms with van der Waals surface area (Å²) >= 11 is 0. The zero-order valence-electron chi connectivity index (χ0n) is 27.7. The van der Waals surface area contributed by atoms with Gasteiger partial charge in [0, 0.05) is 17.9 Å². The van der Waals surface area contributed by atoms with Crippen molar-refractivity contribution < 1.29 is 29.0 Å². The molecule has 3 N–H and O–H groups in total. The van der Waals surface area contributed by atoms with Gasteiger partial charge in [0.1, 0.15) is 6.10 Å². The molecule has 2 fully saturated rings. The van der Waals surface area contributed by atoms with Gasteiger partial charge >= 0.3 is 5.97 Å². The van der Waals surface area contributed by atoms with Crippen molar-refractivity contribution in [1.29, 1.82) is 0 Å². The number of hydrogen-bond donors (Lipinski definition) is 3. The van der Waals surface area contributed by atoms with Gasteiger partial charge in [-0.05, 0) is 39.5 Å². The van der Waals surface area contributed by atoms with Crippen molar-refractivity contribution >= 4 is 17.8 Å². The highest BCUT2D eigenvalue weighted by atomic mass is 16.7. The number of amides is 2. The van der Waals surface area contributed by atoms with E-state index in [4.69, 9.17) is 9.47 Å². The van der Waals surface area contributed by atoms with Crippen molar-refractivity contribution in [2.24, 2.45) is 17.3 Å². The van der Waals surface area contributed by atoms with E-state index >= 15 is 0 Å². The zero-order chi connectivity index (χ0) is 31.2. The lowest BCUT2D eigenvalue weighted by atomic mass is 9.72. The first kappa shape index (κ1) is 36.5. The van der Waals surface area contributed by atoms with Crippen molar-refractivity contribution in [3.8, 4) is 0 Å². The van der Waals surface area contributed by atoms with E-state index in [-0.39, 0.29) is 24.3 Å². The van der Waals surface area contributed by atoms with Gasteiger partial charge in [0.2, 0.25) is 11.8 Å². The molecule has 244 valence electrons. The number of hydrogen-bond acceptors (Lipinski definition) is 5. The summed E-state index contributed by atoms with van der Waals surface area (Å²) in [6.45, 7) is 11.9. The summed E-state index contributed by atoms with van der Waals surface area (Å²) in [7, 11) is 0. The van der Waals surface area contributed by atoms with Gasteiger partial charge in [0.15, 0.2) is 5.79 Å². The van der Waals surface area contributed by atoms with Crippen LogP contribution in [0.1, 0.15) is 151 Å². The van der Waals surface area contributed by atoms with Crippen molar-refractivity contribution in [2.75, 3.05) is 13.2 Å². The fraction of sp³-hybridized carbons (Fsp3) is 0.912. The van der Waals surface area contributed by atoms with Crippen molar-refractivity contribution in [2.45, 2.75) is 168 Å². The Morgan fingerprint density at radius 2 is 1.43 bits per heavy atom. The topological polar surface area (TPSA) is 114 Å². The number of carbonyl (C=O) groups excluding carboxylic acids is 2. The molecule has 42 heavy (non-hydrogen) atoms. The summed E-state index contributed by atoms with van der Waals surface area (Å²) in [5.74, 6) is -3.31. The SMILES string of the molecule is CCCCCCCCCCCCC(CC)C(=O)NC1(C(CNC(=O)C2OC(C)(C)OCC2(C)C)C(=O)O)CCCCC1. The van der Waals surface area contributed by atoms with Gasteiger partial charge in [-0.25, -0.2) is 0 Å². The maximum atomic E-state index is 13.6. The summed E-state index contributed by atoms with van der Waals surface area (Å²) in [5, 5.41) is 16.5. The van der Waals surface area contributed by atoms with Gasteiger partial charge < -0.3 is 25.2 Å². The van der Waals surface area contributed by atoms with Crippen LogP contribution in [0.3, 0.4) is 0 Å². The average Bonchev–Trinajstić information content (AvgIpc) is 2.93. The Morgan fingerprint density at radius 3 is 1.98 bits per heavy atom. The molecule has 1 heterocycles. The second kappa shape index (κ2) is 17.6. The maximum Gasteiger partial charge on any atom is 0.310 e. The molecule has 0 spiro atoms. The monoisotopic (exact) mass is 594 g/mol. The largest absolute Gasteiger partial charge is 0.481 e. The Labute approximate surface area is 255 Å². The summed E-state index contributed by atoms with van der Waals surface area (Å²) in [6, 6.07) is 0. The molecule has 1 aliphatic heterocycles. The quantitative estimate of drug-likeness (QED) is 0.137. The van der Waals surface area contributed by atoms with Crippen LogP contribution in [0.15, 0.2) is 0 Å². The van der Waals surface area contributed by atoms with Gasteiger partial charge in [0.25, 0.3) is 0 Å². The van der Waals surface area contributed by atoms with E-state index in [0.29, 0.717) is 19.4 Å². The fourth-order valence-corrected chi connectivity index (χ4v) is 6.63. The summed E-state index contributed by atoms with van der Waals surface area (Å²) in [4.78, 5) is 39.5. The van der Waals surface area contributed by atoms with E-state index < -0.39 is 34.7 Å². The molecule has 0 aromatic rings. The zero-order valence-corrected chi connectivity index (χ0v) is 27.7. The number of carboxylic acid groups (broad SMARTS) is 1. The summed E-state index contributed by atoms with van der Waals surface area (Å²) < 4.78 is 11.7. The molecular formula is C34H62N2O6. The highest BCUT2D eigenvalue weighted by molar-refractivity contribution is 5.84. The molecule has 0 aromatic carbocycles. The molecular weight excluding hydrogens is 532 g/mol. The highest BCUT2D eigenvalue weighted by Gasteiger charge is 2.48. The van der Waals surface area contributed by atoms with E-state index in [1.54, 1.807) is 13.8 Å². The minimum atomic E-state index is -0.993. The van der Waals surface area contributed by atoms with Crippen LogP contribution in [-0.4, -0.2) is 53.5 Å². The predicted octanol–water partition coefficient (Wildman–Crippen LogP) is 7.14. The molecule has 0 radical (unpaired) electrons. The lowest BCUT2D eigenvalue weighted by molar-refractivity contribution is -0.304. The average molecular weight is 595 g/mol. The molecule has 1 aliphatic carbocycles. The van der Waals surface area contributed by atoms with Gasteiger partial charge in [-0.1, -0.05) is 111 Å². The van der Waals surface area contributed by atoms with E-state index in [2.05, 4.69) is 17.6 Å². The molecule has 2 rings (SSSR count). The number of aliphatic carboxylic acids is 1. The van der Waals surface area contributed by atoms with Gasteiger partial charge in [-0.15, -0.1) is 0 Å². The van der Waals surface area contributed by atoms with E-state index in [0.717, 1.165) is 44.9 Å². The van der Waals surface area contributed by atoms with E-state index in [1.165, 1.54) is 51.4 Å². The third-order valence-corrected chi connectivity index (χ3v) is 9.47. The van der Waals surface area contributed by atoms with Crippen LogP contribution in [0.25, 0.3) is 0 Å². The standard InChI is InChI=1S/C34H62N2O6/c1-7-9-10-11-12-13-14-15-16-18-21-26(8-2)29(37)36-34(22-19-17-20-23-34)27(31(39)40)24-35-30(38)28-32(3,4)25-41-33(5,6)42-28/h26-28H,7-25H2,1-6H3,(H,35,38)(H,36,37)(H,39,40). The second-order valence-electron chi connectivity index (χ2n) is 14.1. The normalized spacial score (nSPS) is 22.6. The van der Waals surface area contributed by atoms with Crippen LogP contribution in [0.5, 0.6) is 0 Å². The van der Waals surface area contributed by atoms with Crippen LogP contribution in [-0.2, 0) is 23.9 Å². The molecule has 2 amide bonds.